The highest BCUT2D eigenvalue weighted by Crippen LogP contribution is 2.17. The van der Waals surface area contributed by atoms with Gasteiger partial charge in [0.25, 0.3) is 0 Å². The van der Waals surface area contributed by atoms with Crippen LogP contribution in [-0.4, -0.2) is 11.8 Å². The van der Waals surface area contributed by atoms with Gasteiger partial charge in [-0.2, -0.15) is 11.8 Å². The smallest absolute Gasteiger partial charge is 0.123 e. The van der Waals surface area contributed by atoms with Crippen molar-refractivity contribution >= 4 is 11.8 Å². The zero-order valence-electron chi connectivity index (χ0n) is 9.29. The van der Waals surface area contributed by atoms with Crippen LogP contribution in [0.1, 0.15) is 24.5 Å². The van der Waals surface area contributed by atoms with Crippen LogP contribution in [0.5, 0.6) is 0 Å². The fourth-order valence-corrected chi connectivity index (χ4v) is 2.46. The summed E-state index contributed by atoms with van der Waals surface area (Å²) >= 11 is 1.81. The molecule has 0 spiro atoms. The SMILES string of the molecule is CCC(N)CSCc1ccc(F)cc1C. The van der Waals surface area contributed by atoms with Crippen molar-refractivity contribution in [3.63, 3.8) is 0 Å². The van der Waals surface area contributed by atoms with E-state index in [1.54, 1.807) is 6.07 Å². The number of hydrogen-bond acceptors (Lipinski definition) is 2. The lowest BCUT2D eigenvalue weighted by Gasteiger charge is -2.09. The molecule has 0 saturated heterocycles. The molecule has 84 valence electrons. The zero-order chi connectivity index (χ0) is 11.3. The van der Waals surface area contributed by atoms with Crippen molar-refractivity contribution in [2.24, 2.45) is 5.73 Å². The minimum atomic E-state index is -0.161. The van der Waals surface area contributed by atoms with Crippen LogP contribution in [0.2, 0.25) is 0 Å². The third-order valence-corrected chi connectivity index (χ3v) is 3.60. The normalized spacial score (nSPS) is 12.8. The first-order chi connectivity index (χ1) is 7.13. The van der Waals surface area contributed by atoms with E-state index in [2.05, 4.69) is 6.92 Å². The molecule has 0 radical (unpaired) electrons. The summed E-state index contributed by atoms with van der Waals surface area (Å²) in [7, 11) is 0. The van der Waals surface area contributed by atoms with Crippen molar-refractivity contribution in [2.75, 3.05) is 5.75 Å². The van der Waals surface area contributed by atoms with Gasteiger partial charge >= 0.3 is 0 Å². The Morgan fingerprint density at radius 3 is 2.80 bits per heavy atom. The molecule has 1 aromatic carbocycles. The first kappa shape index (κ1) is 12.5. The average Bonchev–Trinajstić information content (AvgIpc) is 2.21. The Labute approximate surface area is 95.2 Å². The van der Waals surface area contributed by atoms with Gasteiger partial charge in [-0.1, -0.05) is 13.0 Å². The number of nitrogens with two attached hydrogens (primary N) is 1. The van der Waals surface area contributed by atoms with Crippen LogP contribution in [0, 0.1) is 12.7 Å². The second kappa shape index (κ2) is 6.13. The van der Waals surface area contributed by atoms with Crippen LogP contribution in [-0.2, 0) is 5.75 Å². The first-order valence-corrected chi connectivity index (χ1v) is 6.37. The second-order valence-corrected chi connectivity index (χ2v) is 4.78. The van der Waals surface area contributed by atoms with E-state index in [9.17, 15) is 4.39 Å². The van der Waals surface area contributed by atoms with E-state index in [-0.39, 0.29) is 11.9 Å². The molecule has 0 heterocycles. The largest absolute Gasteiger partial charge is 0.327 e. The summed E-state index contributed by atoms with van der Waals surface area (Å²) < 4.78 is 12.8. The molecule has 0 aliphatic heterocycles. The van der Waals surface area contributed by atoms with Crippen LogP contribution >= 0.6 is 11.8 Å². The van der Waals surface area contributed by atoms with Gasteiger partial charge in [-0.05, 0) is 36.6 Å². The summed E-state index contributed by atoms with van der Waals surface area (Å²) in [6.07, 6.45) is 1.01. The highest BCUT2D eigenvalue weighted by molar-refractivity contribution is 7.98. The van der Waals surface area contributed by atoms with Gasteiger partial charge in [0.05, 0.1) is 0 Å². The first-order valence-electron chi connectivity index (χ1n) is 5.21. The molecule has 0 fully saturated rings. The lowest BCUT2D eigenvalue weighted by atomic mass is 10.1. The summed E-state index contributed by atoms with van der Waals surface area (Å²) in [5.41, 5.74) is 8.04. The predicted octanol–water partition coefficient (Wildman–Crippen LogP) is 3.10. The Kier molecular flexibility index (Phi) is 5.12. The second-order valence-electron chi connectivity index (χ2n) is 3.75. The third kappa shape index (κ3) is 4.22. The van der Waals surface area contributed by atoms with Crippen LogP contribution in [0.15, 0.2) is 18.2 Å². The molecular weight excluding hydrogens is 209 g/mol. The number of benzene rings is 1. The lowest BCUT2D eigenvalue weighted by molar-refractivity contribution is 0.626. The minimum absolute atomic E-state index is 0.161. The van der Waals surface area contributed by atoms with E-state index in [0.29, 0.717) is 0 Å². The van der Waals surface area contributed by atoms with Gasteiger partial charge < -0.3 is 5.73 Å². The number of halogens is 1. The quantitative estimate of drug-likeness (QED) is 0.836. The molecule has 0 aromatic heterocycles. The Bertz CT molecular complexity index is 314. The van der Waals surface area contributed by atoms with Gasteiger partial charge in [0.2, 0.25) is 0 Å². The summed E-state index contributed by atoms with van der Waals surface area (Å²) in [6.45, 7) is 4.03. The van der Waals surface area contributed by atoms with E-state index in [0.717, 1.165) is 23.5 Å². The molecule has 2 N–H and O–H groups in total. The maximum absolute atomic E-state index is 12.8. The fraction of sp³-hybridized carbons (Fsp3) is 0.500. The molecule has 0 bridgehead atoms. The molecule has 1 aromatic rings. The van der Waals surface area contributed by atoms with Gasteiger partial charge in [-0.15, -0.1) is 0 Å². The van der Waals surface area contributed by atoms with Gasteiger partial charge in [0.15, 0.2) is 0 Å². The van der Waals surface area contributed by atoms with Crippen molar-refractivity contribution in [1.82, 2.24) is 0 Å². The van der Waals surface area contributed by atoms with Gasteiger partial charge in [0.1, 0.15) is 5.82 Å². The average molecular weight is 227 g/mol. The lowest BCUT2D eigenvalue weighted by Crippen LogP contribution is -2.21. The molecule has 1 unspecified atom stereocenters. The third-order valence-electron chi connectivity index (χ3n) is 2.42. The highest BCUT2D eigenvalue weighted by Gasteiger charge is 2.02. The molecular formula is C12H18FNS. The van der Waals surface area contributed by atoms with Crippen molar-refractivity contribution in [2.45, 2.75) is 32.1 Å². The van der Waals surface area contributed by atoms with E-state index in [1.807, 2.05) is 24.8 Å². The number of aryl methyl sites for hydroxylation is 1. The topological polar surface area (TPSA) is 26.0 Å². The Morgan fingerprint density at radius 2 is 2.20 bits per heavy atom. The highest BCUT2D eigenvalue weighted by atomic mass is 32.2. The Morgan fingerprint density at radius 1 is 1.47 bits per heavy atom. The van der Waals surface area contributed by atoms with E-state index in [4.69, 9.17) is 5.73 Å². The molecule has 0 aliphatic carbocycles. The molecule has 0 amide bonds. The zero-order valence-corrected chi connectivity index (χ0v) is 10.1. The monoisotopic (exact) mass is 227 g/mol. The minimum Gasteiger partial charge on any atom is -0.327 e. The van der Waals surface area contributed by atoms with Crippen LogP contribution in [0.3, 0.4) is 0 Å². The van der Waals surface area contributed by atoms with Crippen molar-refractivity contribution in [1.29, 1.82) is 0 Å². The number of hydrogen-bond donors (Lipinski definition) is 1. The molecule has 15 heavy (non-hydrogen) atoms. The Hall–Kier alpha value is -0.540. The maximum atomic E-state index is 12.8. The maximum Gasteiger partial charge on any atom is 0.123 e. The molecule has 0 aliphatic rings. The van der Waals surface area contributed by atoms with E-state index in [1.165, 1.54) is 11.6 Å². The Balaban J connectivity index is 2.44. The van der Waals surface area contributed by atoms with Crippen molar-refractivity contribution in [3.8, 4) is 0 Å². The van der Waals surface area contributed by atoms with Gasteiger partial charge in [0, 0.05) is 17.5 Å². The summed E-state index contributed by atoms with van der Waals surface area (Å²) in [4.78, 5) is 0. The summed E-state index contributed by atoms with van der Waals surface area (Å²) in [6, 6.07) is 5.23. The molecule has 1 rings (SSSR count). The molecule has 0 saturated carbocycles. The molecule has 1 nitrogen and oxygen atoms in total. The van der Waals surface area contributed by atoms with Crippen LogP contribution in [0.4, 0.5) is 4.39 Å². The van der Waals surface area contributed by atoms with Gasteiger partial charge in [-0.3, -0.25) is 0 Å². The van der Waals surface area contributed by atoms with Crippen molar-refractivity contribution in [3.05, 3.63) is 35.1 Å². The predicted molar refractivity (Wildman–Crippen MR) is 65.6 cm³/mol. The molecule has 3 heteroatoms. The van der Waals surface area contributed by atoms with Crippen LogP contribution < -0.4 is 5.73 Å². The van der Waals surface area contributed by atoms with E-state index < -0.39 is 0 Å². The fourth-order valence-electron chi connectivity index (χ4n) is 1.26. The number of rotatable bonds is 5. The van der Waals surface area contributed by atoms with Crippen molar-refractivity contribution < 1.29 is 4.39 Å². The molecule has 1 atom stereocenters. The standard InChI is InChI=1S/C12H18FNS/c1-3-12(14)8-15-7-10-4-5-11(13)6-9(10)2/h4-6,12H,3,7-8,14H2,1-2H3. The summed E-state index contributed by atoms with van der Waals surface area (Å²) in [5, 5.41) is 0. The van der Waals surface area contributed by atoms with E-state index >= 15 is 0 Å². The number of thioether (sulfide) groups is 1. The van der Waals surface area contributed by atoms with Gasteiger partial charge in [-0.25, -0.2) is 4.39 Å². The van der Waals surface area contributed by atoms with Crippen LogP contribution in [0.25, 0.3) is 0 Å². The summed E-state index contributed by atoms with van der Waals surface area (Å²) in [5.74, 6) is 1.72.